The molecule has 8 nitrogen and oxygen atoms in total. The van der Waals surface area contributed by atoms with Crippen molar-refractivity contribution >= 4 is 17.0 Å². The van der Waals surface area contributed by atoms with Crippen molar-refractivity contribution in [3.05, 3.63) is 112 Å². The standard InChI is InChI=1S/C31H20F6N4O4/c1-44-5-4-41-27-10-16(31(42)43)7-25(37)29(27)40-28(41)11-15-6-24(36)19(12-23(15)35)26-3-2-20(32)30(39-26)45-14-18-9-21(33)17(13-38)8-22(18)34/h2-3,6-10,12H,4-5,11,14H2,1H3,(H,42,43). The highest BCUT2D eigenvalue weighted by molar-refractivity contribution is 5.92. The van der Waals surface area contributed by atoms with E-state index in [0.717, 1.165) is 30.3 Å². The van der Waals surface area contributed by atoms with E-state index in [1.807, 2.05) is 0 Å². The Morgan fingerprint density at radius 1 is 0.889 bits per heavy atom. The number of carboxylic acid groups (broad SMARTS) is 1. The average molecular weight is 627 g/mol. The molecule has 5 rings (SSSR count). The van der Waals surface area contributed by atoms with Crippen LogP contribution in [0, 0.1) is 46.2 Å². The molecule has 14 heteroatoms. The molecular weight excluding hydrogens is 606 g/mol. The molecular formula is C31H20F6N4O4. The maximum Gasteiger partial charge on any atom is 0.335 e. The number of carbonyl (C=O) groups is 1. The molecule has 0 saturated heterocycles. The molecule has 0 atom stereocenters. The summed E-state index contributed by atoms with van der Waals surface area (Å²) in [4.78, 5) is 19.5. The lowest BCUT2D eigenvalue weighted by atomic mass is 10.0. The average Bonchev–Trinajstić information content (AvgIpc) is 3.35. The molecule has 0 aliphatic carbocycles. The van der Waals surface area contributed by atoms with E-state index in [0.29, 0.717) is 12.1 Å². The zero-order valence-corrected chi connectivity index (χ0v) is 23.2. The van der Waals surface area contributed by atoms with E-state index < -0.39 is 58.9 Å². The molecule has 5 aromatic rings. The third kappa shape index (κ3) is 6.29. The van der Waals surface area contributed by atoms with Gasteiger partial charge in [0.1, 0.15) is 47.3 Å². The van der Waals surface area contributed by atoms with Crippen LogP contribution in [0.2, 0.25) is 0 Å². The van der Waals surface area contributed by atoms with Gasteiger partial charge in [-0.1, -0.05) is 0 Å². The SMILES string of the molecule is COCCn1c(Cc2cc(F)c(-c3ccc(F)c(OCc4cc(F)c(C#N)cc4F)n3)cc2F)nc2c(F)cc(C(=O)O)cc21. The molecule has 0 aliphatic rings. The summed E-state index contributed by atoms with van der Waals surface area (Å²) in [6.07, 6.45) is -0.318. The van der Waals surface area contributed by atoms with Crippen molar-refractivity contribution in [2.45, 2.75) is 19.6 Å². The lowest BCUT2D eigenvalue weighted by molar-refractivity contribution is 0.0696. The summed E-state index contributed by atoms with van der Waals surface area (Å²) in [6, 6.07) is 8.50. The van der Waals surface area contributed by atoms with Crippen LogP contribution in [0.15, 0.2) is 48.5 Å². The van der Waals surface area contributed by atoms with Crippen LogP contribution in [0.3, 0.4) is 0 Å². The molecule has 0 saturated carbocycles. The van der Waals surface area contributed by atoms with E-state index in [-0.39, 0.29) is 64.4 Å². The van der Waals surface area contributed by atoms with Crippen molar-refractivity contribution in [2.24, 2.45) is 0 Å². The monoisotopic (exact) mass is 626 g/mol. The Labute approximate surface area is 250 Å². The molecule has 0 aliphatic heterocycles. The van der Waals surface area contributed by atoms with Gasteiger partial charge in [-0.25, -0.2) is 41.1 Å². The maximum absolute atomic E-state index is 15.4. The van der Waals surface area contributed by atoms with Crippen LogP contribution in [-0.4, -0.2) is 39.3 Å². The van der Waals surface area contributed by atoms with E-state index in [1.165, 1.54) is 23.8 Å². The van der Waals surface area contributed by atoms with E-state index in [9.17, 15) is 27.5 Å². The third-order valence-electron chi connectivity index (χ3n) is 6.85. The second kappa shape index (κ2) is 12.7. The summed E-state index contributed by atoms with van der Waals surface area (Å²) in [5.41, 5.74) is -2.01. The number of pyridine rings is 1. The topological polar surface area (TPSA) is 110 Å². The van der Waals surface area contributed by atoms with Crippen LogP contribution in [-0.2, 0) is 24.3 Å². The van der Waals surface area contributed by atoms with Gasteiger partial charge in [0.05, 0.1) is 28.9 Å². The first-order valence-electron chi connectivity index (χ1n) is 13.1. The zero-order valence-electron chi connectivity index (χ0n) is 23.2. The number of benzene rings is 3. The summed E-state index contributed by atoms with van der Waals surface area (Å²) in [7, 11) is 1.42. The Balaban J connectivity index is 1.45. The van der Waals surface area contributed by atoms with Gasteiger partial charge in [0.25, 0.3) is 5.88 Å². The predicted molar refractivity (Wildman–Crippen MR) is 146 cm³/mol. The van der Waals surface area contributed by atoms with Crippen molar-refractivity contribution in [3.8, 4) is 23.2 Å². The first-order chi connectivity index (χ1) is 21.5. The number of halogens is 6. The lowest BCUT2D eigenvalue weighted by Crippen LogP contribution is -2.10. The number of carboxylic acids is 1. The Kier molecular flexibility index (Phi) is 8.73. The summed E-state index contributed by atoms with van der Waals surface area (Å²) in [6.45, 7) is -0.453. The number of hydrogen-bond donors (Lipinski definition) is 1. The van der Waals surface area contributed by atoms with Gasteiger partial charge in [0.15, 0.2) is 11.6 Å². The van der Waals surface area contributed by atoms with Crippen LogP contribution in [0.4, 0.5) is 26.3 Å². The van der Waals surface area contributed by atoms with Gasteiger partial charge < -0.3 is 19.1 Å². The van der Waals surface area contributed by atoms with Gasteiger partial charge in [-0.15, -0.1) is 0 Å². The molecule has 0 radical (unpaired) electrons. The molecule has 2 aromatic heterocycles. The predicted octanol–water partition coefficient (Wildman–Crippen LogP) is 6.32. The summed E-state index contributed by atoms with van der Waals surface area (Å²) >= 11 is 0. The minimum Gasteiger partial charge on any atom is -0.478 e. The minimum absolute atomic E-state index is 0.105. The van der Waals surface area contributed by atoms with E-state index in [1.54, 1.807) is 0 Å². The van der Waals surface area contributed by atoms with Crippen molar-refractivity contribution in [1.82, 2.24) is 14.5 Å². The first kappa shape index (κ1) is 31.0. The van der Waals surface area contributed by atoms with Crippen molar-refractivity contribution in [3.63, 3.8) is 0 Å². The Hall–Kier alpha value is -5.42. The number of rotatable bonds is 10. The second-order valence-corrected chi connectivity index (χ2v) is 9.71. The maximum atomic E-state index is 15.4. The van der Waals surface area contributed by atoms with Crippen molar-refractivity contribution in [1.29, 1.82) is 5.26 Å². The number of fused-ring (bicyclic) bond motifs is 1. The molecule has 0 fully saturated rings. The number of imidazole rings is 1. The molecule has 0 spiro atoms. The molecule has 0 bridgehead atoms. The number of aromatic nitrogens is 3. The second-order valence-electron chi connectivity index (χ2n) is 9.71. The van der Waals surface area contributed by atoms with Crippen LogP contribution in [0.25, 0.3) is 22.3 Å². The van der Waals surface area contributed by atoms with E-state index in [2.05, 4.69) is 9.97 Å². The Morgan fingerprint density at radius 2 is 1.62 bits per heavy atom. The molecule has 1 N–H and O–H groups in total. The van der Waals surface area contributed by atoms with Gasteiger partial charge in [0.2, 0.25) is 0 Å². The van der Waals surface area contributed by atoms with Gasteiger partial charge in [-0.3, -0.25) is 0 Å². The van der Waals surface area contributed by atoms with Gasteiger partial charge in [-0.2, -0.15) is 5.26 Å². The van der Waals surface area contributed by atoms with Crippen molar-refractivity contribution < 1.29 is 45.7 Å². The fourth-order valence-corrected chi connectivity index (χ4v) is 4.62. The highest BCUT2D eigenvalue weighted by Crippen LogP contribution is 2.30. The summed E-state index contributed by atoms with van der Waals surface area (Å²) in [5.74, 6) is -7.74. The smallest absolute Gasteiger partial charge is 0.335 e. The van der Waals surface area contributed by atoms with Crippen molar-refractivity contribution in [2.75, 3.05) is 13.7 Å². The van der Waals surface area contributed by atoms with Crippen LogP contribution >= 0.6 is 0 Å². The highest BCUT2D eigenvalue weighted by Gasteiger charge is 2.21. The van der Waals surface area contributed by atoms with E-state index >= 15 is 8.78 Å². The van der Waals surface area contributed by atoms with Crippen LogP contribution in [0.5, 0.6) is 5.88 Å². The quantitative estimate of drug-likeness (QED) is 0.181. The molecule has 230 valence electrons. The Bertz CT molecular complexity index is 2010. The fourth-order valence-electron chi connectivity index (χ4n) is 4.62. The fraction of sp³-hybridized carbons (Fsp3) is 0.161. The van der Waals surface area contributed by atoms with Crippen LogP contribution in [0.1, 0.15) is 32.9 Å². The number of methoxy groups -OCH3 is 1. The normalized spacial score (nSPS) is 11.2. The lowest BCUT2D eigenvalue weighted by Gasteiger charge is -2.12. The third-order valence-corrected chi connectivity index (χ3v) is 6.85. The largest absolute Gasteiger partial charge is 0.478 e. The number of nitriles is 1. The molecule has 0 unspecified atom stereocenters. The Morgan fingerprint density at radius 3 is 2.33 bits per heavy atom. The summed E-state index contributed by atoms with van der Waals surface area (Å²) < 4.78 is 99.7. The van der Waals surface area contributed by atoms with Gasteiger partial charge in [-0.05, 0) is 54.1 Å². The molecule has 45 heavy (non-hydrogen) atoms. The highest BCUT2D eigenvalue weighted by atomic mass is 19.1. The summed E-state index contributed by atoms with van der Waals surface area (Å²) in [5, 5.41) is 18.1. The zero-order chi connectivity index (χ0) is 32.4. The van der Waals surface area contributed by atoms with E-state index in [4.69, 9.17) is 14.7 Å². The number of aromatic carboxylic acids is 1. The number of ether oxygens (including phenoxy) is 2. The molecule has 3 aromatic carbocycles. The molecule has 0 amide bonds. The number of hydrogen-bond acceptors (Lipinski definition) is 6. The van der Waals surface area contributed by atoms with Gasteiger partial charge >= 0.3 is 5.97 Å². The number of nitrogens with zero attached hydrogens (tertiary/aromatic N) is 4. The van der Waals surface area contributed by atoms with Gasteiger partial charge in [0, 0.05) is 31.2 Å². The molecule has 2 heterocycles. The first-order valence-corrected chi connectivity index (χ1v) is 13.1. The minimum atomic E-state index is -1.36. The van der Waals surface area contributed by atoms with Crippen LogP contribution < -0.4 is 4.74 Å².